The summed E-state index contributed by atoms with van der Waals surface area (Å²) in [7, 11) is 3.57. The lowest BCUT2D eigenvalue weighted by Crippen LogP contribution is -2.40. The number of nitrogens with zero attached hydrogens (tertiary/aromatic N) is 4. The zero-order valence-electron chi connectivity index (χ0n) is 15.8. The van der Waals surface area contributed by atoms with Gasteiger partial charge in [-0.15, -0.1) is 0 Å². The first-order valence-corrected chi connectivity index (χ1v) is 9.34. The Hall–Kier alpha value is -2.89. The van der Waals surface area contributed by atoms with E-state index in [0.29, 0.717) is 13.0 Å². The first-order valence-electron chi connectivity index (χ1n) is 9.34. The quantitative estimate of drug-likeness (QED) is 0.714. The van der Waals surface area contributed by atoms with Gasteiger partial charge in [-0.25, -0.2) is 4.98 Å². The number of hydrogen-bond acceptors (Lipinski definition) is 4. The normalized spacial score (nSPS) is 17.3. The van der Waals surface area contributed by atoms with E-state index < -0.39 is 0 Å². The summed E-state index contributed by atoms with van der Waals surface area (Å²) in [6, 6.07) is 11.7. The van der Waals surface area contributed by atoms with Gasteiger partial charge in [-0.1, -0.05) is 12.1 Å². The summed E-state index contributed by atoms with van der Waals surface area (Å²) >= 11 is 0. The molecule has 0 spiro atoms. The molecule has 3 aromatic rings. The second-order valence-electron chi connectivity index (χ2n) is 7.09. The highest BCUT2D eigenvalue weighted by molar-refractivity contribution is 5.80. The maximum Gasteiger partial charge on any atom is 0.227 e. The Morgan fingerprint density at radius 2 is 2.19 bits per heavy atom. The molecule has 1 atom stereocenters. The van der Waals surface area contributed by atoms with Crippen LogP contribution in [0.1, 0.15) is 30.0 Å². The molecule has 1 saturated heterocycles. The summed E-state index contributed by atoms with van der Waals surface area (Å²) in [4.78, 5) is 19.3. The molecule has 140 valence electrons. The lowest BCUT2D eigenvalue weighted by molar-refractivity contribution is -0.131. The zero-order valence-corrected chi connectivity index (χ0v) is 15.8. The van der Waals surface area contributed by atoms with Crippen LogP contribution in [0, 0.1) is 0 Å². The molecule has 1 amide bonds. The van der Waals surface area contributed by atoms with E-state index >= 15 is 0 Å². The van der Waals surface area contributed by atoms with Crippen LogP contribution in [-0.4, -0.2) is 45.8 Å². The SMILES string of the molecule is COc1cccc(CC(=O)N2CCCC(c3nn(C)c4ncccc34)C2)c1. The van der Waals surface area contributed by atoms with Gasteiger partial charge in [0.1, 0.15) is 5.75 Å². The highest BCUT2D eigenvalue weighted by Crippen LogP contribution is 2.31. The molecule has 2 aromatic heterocycles. The predicted octanol–water partition coefficient (Wildman–Crippen LogP) is 2.93. The van der Waals surface area contributed by atoms with Gasteiger partial charge >= 0.3 is 0 Å². The third kappa shape index (κ3) is 3.52. The Labute approximate surface area is 158 Å². The van der Waals surface area contributed by atoms with E-state index in [0.717, 1.165) is 47.4 Å². The van der Waals surface area contributed by atoms with Crippen molar-refractivity contribution in [2.75, 3.05) is 20.2 Å². The molecule has 1 aliphatic rings. The standard InChI is InChI=1S/C21H24N4O2/c1-24-21-18(9-4-10-22-21)20(23-24)16-7-5-11-25(14-16)19(26)13-15-6-3-8-17(12-15)27-2/h3-4,6,8-10,12,16H,5,7,11,13-14H2,1-2H3. The van der Waals surface area contributed by atoms with Gasteiger partial charge in [0.2, 0.25) is 5.91 Å². The van der Waals surface area contributed by atoms with Crippen LogP contribution in [0.15, 0.2) is 42.6 Å². The van der Waals surface area contributed by atoms with Crippen molar-refractivity contribution in [1.29, 1.82) is 0 Å². The van der Waals surface area contributed by atoms with Gasteiger partial charge in [0, 0.05) is 37.6 Å². The van der Waals surface area contributed by atoms with Crippen molar-refractivity contribution in [3.8, 4) is 5.75 Å². The number of ether oxygens (including phenoxy) is 1. The van der Waals surface area contributed by atoms with Gasteiger partial charge in [-0.05, 0) is 42.7 Å². The Kier molecular flexibility index (Phi) is 4.79. The maximum absolute atomic E-state index is 12.9. The van der Waals surface area contributed by atoms with Crippen molar-refractivity contribution >= 4 is 16.9 Å². The van der Waals surface area contributed by atoms with Crippen LogP contribution in [0.5, 0.6) is 5.75 Å². The molecule has 1 fully saturated rings. The molecule has 0 radical (unpaired) electrons. The smallest absolute Gasteiger partial charge is 0.227 e. The number of benzene rings is 1. The van der Waals surface area contributed by atoms with Crippen molar-refractivity contribution in [2.24, 2.45) is 7.05 Å². The van der Waals surface area contributed by atoms with E-state index in [9.17, 15) is 4.79 Å². The number of aryl methyl sites for hydroxylation is 1. The fourth-order valence-electron chi connectivity index (χ4n) is 3.91. The van der Waals surface area contributed by atoms with Crippen LogP contribution < -0.4 is 4.74 Å². The second-order valence-corrected chi connectivity index (χ2v) is 7.09. The average Bonchev–Trinajstić information content (AvgIpc) is 3.05. The summed E-state index contributed by atoms with van der Waals surface area (Å²) in [6.07, 6.45) is 4.23. The van der Waals surface area contributed by atoms with E-state index in [2.05, 4.69) is 11.1 Å². The van der Waals surface area contributed by atoms with Crippen molar-refractivity contribution in [1.82, 2.24) is 19.7 Å². The molecule has 0 N–H and O–H groups in total. The first kappa shape index (κ1) is 17.5. The number of aromatic nitrogens is 3. The van der Waals surface area contributed by atoms with E-state index in [4.69, 9.17) is 9.84 Å². The van der Waals surface area contributed by atoms with Crippen molar-refractivity contribution in [3.63, 3.8) is 0 Å². The third-order valence-corrected chi connectivity index (χ3v) is 5.28. The number of pyridine rings is 1. The highest BCUT2D eigenvalue weighted by atomic mass is 16.5. The molecular formula is C21H24N4O2. The van der Waals surface area contributed by atoms with Crippen molar-refractivity contribution in [3.05, 3.63) is 53.9 Å². The minimum Gasteiger partial charge on any atom is -0.497 e. The fraction of sp³-hybridized carbons (Fsp3) is 0.381. The second kappa shape index (κ2) is 7.39. The fourth-order valence-corrected chi connectivity index (χ4v) is 3.91. The number of likely N-dealkylation sites (tertiary alicyclic amines) is 1. The van der Waals surface area contributed by atoms with E-state index in [1.54, 1.807) is 13.3 Å². The van der Waals surface area contributed by atoms with Gasteiger partial charge in [0.05, 0.1) is 19.2 Å². The number of rotatable bonds is 4. The van der Waals surface area contributed by atoms with E-state index in [-0.39, 0.29) is 11.8 Å². The van der Waals surface area contributed by atoms with Crippen molar-refractivity contribution in [2.45, 2.75) is 25.2 Å². The van der Waals surface area contributed by atoms with Gasteiger partial charge in [0.25, 0.3) is 0 Å². The van der Waals surface area contributed by atoms with E-state index in [1.807, 2.05) is 47.0 Å². The molecule has 0 aliphatic carbocycles. The molecule has 27 heavy (non-hydrogen) atoms. The molecule has 1 aromatic carbocycles. The summed E-state index contributed by atoms with van der Waals surface area (Å²) in [5.74, 6) is 1.19. The Morgan fingerprint density at radius 3 is 3.04 bits per heavy atom. The Balaban J connectivity index is 1.51. The number of fused-ring (bicyclic) bond motifs is 1. The summed E-state index contributed by atoms with van der Waals surface area (Å²) in [5.41, 5.74) is 2.93. The molecular weight excluding hydrogens is 340 g/mol. The minimum absolute atomic E-state index is 0.159. The number of hydrogen-bond donors (Lipinski definition) is 0. The lowest BCUT2D eigenvalue weighted by atomic mass is 9.93. The number of amides is 1. The molecule has 4 rings (SSSR count). The number of piperidine rings is 1. The number of carbonyl (C=O) groups is 1. The minimum atomic E-state index is 0.159. The molecule has 1 unspecified atom stereocenters. The summed E-state index contributed by atoms with van der Waals surface area (Å²) in [5, 5.41) is 5.80. The monoisotopic (exact) mass is 364 g/mol. The van der Waals surface area contributed by atoms with Crippen LogP contribution in [0.25, 0.3) is 11.0 Å². The van der Waals surface area contributed by atoms with Gasteiger partial charge in [-0.2, -0.15) is 5.10 Å². The average molecular weight is 364 g/mol. The molecule has 1 aliphatic heterocycles. The molecule has 0 bridgehead atoms. The maximum atomic E-state index is 12.9. The van der Waals surface area contributed by atoms with Gasteiger partial charge < -0.3 is 9.64 Å². The van der Waals surface area contributed by atoms with Crippen molar-refractivity contribution < 1.29 is 9.53 Å². The van der Waals surface area contributed by atoms with E-state index in [1.165, 1.54) is 0 Å². The molecule has 0 saturated carbocycles. The summed E-state index contributed by atoms with van der Waals surface area (Å²) < 4.78 is 7.09. The number of methoxy groups -OCH3 is 1. The van der Waals surface area contributed by atoms with Crippen LogP contribution in [0.2, 0.25) is 0 Å². The first-order chi connectivity index (χ1) is 13.2. The Bertz CT molecular complexity index is 966. The lowest BCUT2D eigenvalue weighted by Gasteiger charge is -2.32. The molecule has 3 heterocycles. The van der Waals surface area contributed by atoms with Crippen LogP contribution in [0.3, 0.4) is 0 Å². The Morgan fingerprint density at radius 1 is 1.30 bits per heavy atom. The topological polar surface area (TPSA) is 60.2 Å². The van der Waals surface area contributed by atoms with Crippen LogP contribution >= 0.6 is 0 Å². The largest absolute Gasteiger partial charge is 0.497 e. The highest BCUT2D eigenvalue weighted by Gasteiger charge is 2.28. The third-order valence-electron chi connectivity index (χ3n) is 5.28. The predicted molar refractivity (Wildman–Crippen MR) is 104 cm³/mol. The number of carbonyl (C=O) groups excluding carboxylic acids is 1. The summed E-state index contributed by atoms with van der Waals surface area (Å²) in [6.45, 7) is 1.52. The van der Waals surface area contributed by atoms with Gasteiger partial charge in [0.15, 0.2) is 5.65 Å². The van der Waals surface area contributed by atoms with Gasteiger partial charge in [-0.3, -0.25) is 9.48 Å². The molecule has 6 heteroatoms. The van der Waals surface area contributed by atoms with Crippen LogP contribution in [0.4, 0.5) is 0 Å². The van der Waals surface area contributed by atoms with Crippen LogP contribution in [-0.2, 0) is 18.3 Å². The zero-order chi connectivity index (χ0) is 18.8. The molecule has 6 nitrogen and oxygen atoms in total.